The van der Waals surface area contributed by atoms with Crippen molar-refractivity contribution in [2.75, 3.05) is 25.5 Å². The van der Waals surface area contributed by atoms with Crippen LogP contribution in [0.3, 0.4) is 0 Å². The zero-order valence-electron chi connectivity index (χ0n) is 11.5. The average molecular weight is 262 g/mol. The van der Waals surface area contributed by atoms with Crippen LogP contribution in [0.4, 0.5) is 5.82 Å². The summed E-state index contributed by atoms with van der Waals surface area (Å²) in [4.78, 5) is 21.3. The van der Waals surface area contributed by atoms with Crippen molar-refractivity contribution in [3.05, 3.63) is 21.7 Å². The largest absolute Gasteiger partial charge is 0.370 e. The standard InChI is InChI=1S/C14H22N4O/c1-18-9-5-3-7-11(18)12-10-6-2-4-8-15-13(10)17-14(19)16-12/h11H,2-9H2,1H3,(H2,15,16,17,19). The molecule has 1 fully saturated rings. The lowest BCUT2D eigenvalue weighted by molar-refractivity contribution is 0.182. The second kappa shape index (κ2) is 5.33. The van der Waals surface area contributed by atoms with Crippen LogP contribution in [0.25, 0.3) is 0 Å². The summed E-state index contributed by atoms with van der Waals surface area (Å²) in [6.07, 6.45) is 6.95. The quantitative estimate of drug-likeness (QED) is 0.808. The van der Waals surface area contributed by atoms with Gasteiger partial charge in [0, 0.05) is 17.8 Å². The normalized spacial score (nSPS) is 24.4. The van der Waals surface area contributed by atoms with E-state index in [-0.39, 0.29) is 5.69 Å². The van der Waals surface area contributed by atoms with Gasteiger partial charge in [-0.2, -0.15) is 4.98 Å². The Bertz CT molecular complexity index is 511. The Morgan fingerprint density at radius 2 is 2.16 bits per heavy atom. The molecule has 1 aromatic heterocycles. The summed E-state index contributed by atoms with van der Waals surface area (Å²) in [5.41, 5.74) is 2.12. The van der Waals surface area contributed by atoms with Crippen LogP contribution < -0.4 is 11.0 Å². The minimum atomic E-state index is -0.220. The summed E-state index contributed by atoms with van der Waals surface area (Å²) in [5.74, 6) is 0.815. The van der Waals surface area contributed by atoms with E-state index in [2.05, 4.69) is 27.2 Å². The van der Waals surface area contributed by atoms with Gasteiger partial charge in [-0.15, -0.1) is 0 Å². The molecule has 0 aliphatic carbocycles. The first-order valence-corrected chi connectivity index (χ1v) is 7.33. The number of aromatic amines is 1. The molecule has 2 aliphatic heterocycles. The fourth-order valence-electron chi connectivity index (χ4n) is 3.27. The van der Waals surface area contributed by atoms with Gasteiger partial charge in [0.05, 0.1) is 6.04 Å². The van der Waals surface area contributed by atoms with Crippen LogP contribution in [-0.2, 0) is 6.42 Å². The van der Waals surface area contributed by atoms with Crippen molar-refractivity contribution in [1.82, 2.24) is 14.9 Å². The molecule has 5 heteroatoms. The molecule has 0 amide bonds. The van der Waals surface area contributed by atoms with E-state index in [1.54, 1.807) is 0 Å². The molecule has 0 aromatic carbocycles. The molecule has 2 aliphatic rings. The summed E-state index contributed by atoms with van der Waals surface area (Å²) >= 11 is 0. The Morgan fingerprint density at radius 1 is 1.26 bits per heavy atom. The molecule has 1 saturated heterocycles. The molecule has 2 N–H and O–H groups in total. The Balaban J connectivity index is 2.04. The average Bonchev–Trinajstić information content (AvgIpc) is 2.63. The number of anilines is 1. The molecule has 19 heavy (non-hydrogen) atoms. The van der Waals surface area contributed by atoms with Gasteiger partial charge in [-0.25, -0.2) is 4.79 Å². The number of hydrogen-bond donors (Lipinski definition) is 2. The third kappa shape index (κ3) is 2.52. The van der Waals surface area contributed by atoms with Crippen LogP contribution in [0, 0.1) is 0 Å². The number of piperidine rings is 1. The van der Waals surface area contributed by atoms with Crippen molar-refractivity contribution < 1.29 is 0 Å². The van der Waals surface area contributed by atoms with Crippen LogP contribution in [0.2, 0.25) is 0 Å². The summed E-state index contributed by atoms with van der Waals surface area (Å²) in [6.45, 7) is 2.03. The van der Waals surface area contributed by atoms with Gasteiger partial charge >= 0.3 is 5.69 Å². The number of aromatic nitrogens is 2. The molecular weight excluding hydrogens is 240 g/mol. The Kier molecular flexibility index (Phi) is 3.55. The number of likely N-dealkylation sites (tertiary alicyclic amines) is 1. The highest BCUT2D eigenvalue weighted by Crippen LogP contribution is 2.33. The first-order chi connectivity index (χ1) is 9.25. The van der Waals surface area contributed by atoms with Gasteiger partial charge in [-0.3, -0.25) is 4.90 Å². The summed E-state index contributed by atoms with van der Waals surface area (Å²) < 4.78 is 0. The third-order valence-electron chi connectivity index (χ3n) is 4.32. The van der Waals surface area contributed by atoms with Crippen molar-refractivity contribution in [2.45, 2.75) is 44.6 Å². The molecule has 0 radical (unpaired) electrons. The first kappa shape index (κ1) is 12.7. The summed E-state index contributed by atoms with van der Waals surface area (Å²) in [6, 6.07) is 0.345. The molecule has 3 rings (SSSR count). The van der Waals surface area contributed by atoms with Gasteiger partial charge < -0.3 is 10.3 Å². The molecule has 1 aromatic rings. The molecule has 1 unspecified atom stereocenters. The van der Waals surface area contributed by atoms with Crippen LogP contribution in [0.15, 0.2) is 4.79 Å². The number of H-pyrrole nitrogens is 1. The van der Waals surface area contributed by atoms with Crippen LogP contribution in [-0.4, -0.2) is 35.0 Å². The van der Waals surface area contributed by atoms with Crippen molar-refractivity contribution in [3.63, 3.8) is 0 Å². The maximum absolute atomic E-state index is 11.8. The van der Waals surface area contributed by atoms with E-state index in [0.717, 1.165) is 50.3 Å². The Labute approximate surface area is 113 Å². The number of fused-ring (bicyclic) bond motifs is 1. The predicted molar refractivity (Wildman–Crippen MR) is 75.5 cm³/mol. The topological polar surface area (TPSA) is 61.0 Å². The Morgan fingerprint density at radius 3 is 3.00 bits per heavy atom. The summed E-state index contributed by atoms with van der Waals surface area (Å²) in [7, 11) is 2.15. The molecule has 0 bridgehead atoms. The fourth-order valence-corrected chi connectivity index (χ4v) is 3.27. The molecule has 0 spiro atoms. The van der Waals surface area contributed by atoms with Gasteiger partial charge in [0.1, 0.15) is 5.82 Å². The first-order valence-electron chi connectivity index (χ1n) is 7.33. The molecule has 1 atom stereocenters. The van der Waals surface area contributed by atoms with Gasteiger partial charge in [0.15, 0.2) is 0 Å². The van der Waals surface area contributed by atoms with Crippen molar-refractivity contribution in [2.24, 2.45) is 0 Å². The van der Waals surface area contributed by atoms with E-state index in [1.807, 2.05) is 0 Å². The van der Waals surface area contributed by atoms with Crippen molar-refractivity contribution in [1.29, 1.82) is 0 Å². The zero-order chi connectivity index (χ0) is 13.2. The third-order valence-corrected chi connectivity index (χ3v) is 4.32. The molecule has 5 nitrogen and oxygen atoms in total. The summed E-state index contributed by atoms with van der Waals surface area (Å²) in [5, 5.41) is 3.31. The van der Waals surface area contributed by atoms with Gasteiger partial charge in [0.2, 0.25) is 0 Å². The van der Waals surface area contributed by atoms with E-state index in [9.17, 15) is 4.79 Å². The number of nitrogens with zero attached hydrogens (tertiary/aromatic N) is 2. The van der Waals surface area contributed by atoms with E-state index in [1.165, 1.54) is 18.4 Å². The number of hydrogen-bond acceptors (Lipinski definition) is 4. The van der Waals surface area contributed by atoms with E-state index in [4.69, 9.17) is 0 Å². The van der Waals surface area contributed by atoms with Gasteiger partial charge in [-0.1, -0.05) is 6.42 Å². The fraction of sp³-hybridized carbons (Fsp3) is 0.714. The zero-order valence-corrected chi connectivity index (χ0v) is 11.5. The monoisotopic (exact) mass is 262 g/mol. The SMILES string of the molecule is CN1CCCCC1c1[nH]c(=O)nc2c1CCCCN2. The highest BCUT2D eigenvalue weighted by atomic mass is 16.1. The maximum atomic E-state index is 11.8. The predicted octanol–water partition coefficient (Wildman–Crippen LogP) is 1.67. The van der Waals surface area contributed by atoms with E-state index < -0.39 is 0 Å². The van der Waals surface area contributed by atoms with Gasteiger partial charge in [0.25, 0.3) is 0 Å². The van der Waals surface area contributed by atoms with Gasteiger partial charge in [-0.05, 0) is 45.7 Å². The van der Waals surface area contributed by atoms with Crippen LogP contribution in [0.1, 0.15) is 49.4 Å². The number of nitrogens with one attached hydrogen (secondary N) is 2. The van der Waals surface area contributed by atoms with Crippen molar-refractivity contribution in [3.8, 4) is 0 Å². The van der Waals surface area contributed by atoms with Crippen molar-refractivity contribution >= 4 is 5.82 Å². The smallest absolute Gasteiger partial charge is 0.347 e. The lowest BCUT2D eigenvalue weighted by Crippen LogP contribution is -2.33. The highest BCUT2D eigenvalue weighted by molar-refractivity contribution is 5.47. The van der Waals surface area contributed by atoms with Crippen LogP contribution >= 0.6 is 0 Å². The highest BCUT2D eigenvalue weighted by Gasteiger charge is 2.26. The van der Waals surface area contributed by atoms with Crippen LogP contribution in [0.5, 0.6) is 0 Å². The maximum Gasteiger partial charge on any atom is 0.347 e. The minimum absolute atomic E-state index is 0.220. The minimum Gasteiger partial charge on any atom is -0.370 e. The molecule has 0 saturated carbocycles. The molecule has 104 valence electrons. The lowest BCUT2D eigenvalue weighted by atomic mass is 9.95. The van der Waals surface area contributed by atoms with E-state index in [0.29, 0.717) is 6.04 Å². The molecule has 3 heterocycles. The van der Waals surface area contributed by atoms with E-state index >= 15 is 0 Å². The Hall–Kier alpha value is -1.36. The molecular formula is C14H22N4O. The lowest BCUT2D eigenvalue weighted by Gasteiger charge is -2.33. The second-order valence-corrected chi connectivity index (χ2v) is 5.66. The second-order valence-electron chi connectivity index (χ2n) is 5.66. The number of rotatable bonds is 1.